The molecule has 23 heavy (non-hydrogen) atoms. The average Bonchev–Trinajstić information content (AvgIpc) is 2.92. The van der Waals surface area contributed by atoms with Gasteiger partial charge >= 0.3 is 5.97 Å². The largest absolute Gasteiger partial charge is 0.497 e. The fraction of sp³-hybridized carbons (Fsp3) is 0.222. The minimum absolute atomic E-state index is 0.566. The first-order chi connectivity index (χ1) is 11.1. The molecule has 5 heteroatoms. The SMILES string of the molecule is COc1ccc(Cc2nc3ccccc3n2C(C)C(=O)O)cc1. The number of carboxylic acid groups (broad SMARTS) is 1. The fourth-order valence-corrected chi connectivity index (χ4v) is 2.69. The van der Waals surface area contributed by atoms with Gasteiger partial charge in [0.05, 0.1) is 18.1 Å². The van der Waals surface area contributed by atoms with Crippen molar-refractivity contribution in [1.82, 2.24) is 9.55 Å². The Hall–Kier alpha value is -2.82. The van der Waals surface area contributed by atoms with Crippen molar-refractivity contribution in [3.05, 3.63) is 59.9 Å². The van der Waals surface area contributed by atoms with Gasteiger partial charge in [0.1, 0.15) is 17.6 Å². The van der Waals surface area contributed by atoms with E-state index in [2.05, 4.69) is 4.98 Å². The van der Waals surface area contributed by atoms with Crippen molar-refractivity contribution in [3.63, 3.8) is 0 Å². The number of carboxylic acids is 1. The lowest BCUT2D eigenvalue weighted by Gasteiger charge is -2.13. The molecular weight excluding hydrogens is 292 g/mol. The van der Waals surface area contributed by atoms with E-state index in [0.29, 0.717) is 6.42 Å². The smallest absolute Gasteiger partial charge is 0.326 e. The van der Waals surface area contributed by atoms with Gasteiger partial charge in [-0.3, -0.25) is 0 Å². The molecular formula is C18H18N2O3. The van der Waals surface area contributed by atoms with E-state index in [1.165, 1.54) is 0 Å². The first-order valence-corrected chi connectivity index (χ1v) is 7.41. The Morgan fingerprint density at radius 1 is 1.22 bits per heavy atom. The number of fused-ring (bicyclic) bond motifs is 1. The van der Waals surface area contributed by atoms with Gasteiger partial charge in [-0.1, -0.05) is 24.3 Å². The minimum Gasteiger partial charge on any atom is -0.497 e. The molecule has 0 spiro atoms. The highest BCUT2D eigenvalue weighted by atomic mass is 16.5. The van der Waals surface area contributed by atoms with Crippen LogP contribution in [0.3, 0.4) is 0 Å². The number of hydrogen-bond donors (Lipinski definition) is 1. The highest BCUT2D eigenvalue weighted by Gasteiger charge is 2.20. The molecule has 1 unspecified atom stereocenters. The molecule has 3 rings (SSSR count). The van der Waals surface area contributed by atoms with E-state index < -0.39 is 12.0 Å². The molecule has 1 N–H and O–H groups in total. The molecule has 5 nitrogen and oxygen atoms in total. The standard InChI is InChI=1S/C18H18N2O3/c1-12(18(21)22)20-16-6-4-3-5-15(16)19-17(20)11-13-7-9-14(23-2)10-8-13/h3-10,12H,11H2,1-2H3,(H,21,22). The second-order valence-electron chi connectivity index (χ2n) is 5.43. The van der Waals surface area contributed by atoms with Crippen LogP contribution in [-0.2, 0) is 11.2 Å². The van der Waals surface area contributed by atoms with E-state index in [9.17, 15) is 9.90 Å². The number of hydrogen-bond acceptors (Lipinski definition) is 3. The average molecular weight is 310 g/mol. The van der Waals surface area contributed by atoms with Gasteiger partial charge in [-0.25, -0.2) is 9.78 Å². The third-order valence-electron chi connectivity index (χ3n) is 3.93. The molecule has 118 valence electrons. The summed E-state index contributed by atoms with van der Waals surface area (Å²) in [7, 11) is 1.63. The van der Waals surface area contributed by atoms with Gasteiger partial charge in [-0.05, 0) is 36.8 Å². The van der Waals surface area contributed by atoms with E-state index >= 15 is 0 Å². The summed E-state index contributed by atoms with van der Waals surface area (Å²) in [5.74, 6) is 0.663. The first kappa shape index (κ1) is 15.1. The van der Waals surface area contributed by atoms with E-state index in [1.807, 2.05) is 48.5 Å². The third-order valence-corrected chi connectivity index (χ3v) is 3.93. The monoisotopic (exact) mass is 310 g/mol. The van der Waals surface area contributed by atoms with Gasteiger partial charge in [0.2, 0.25) is 0 Å². The molecule has 1 atom stereocenters. The van der Waals surface area contributed by atoms with Gasteiger partial charge in [-0.15, -0.1) is 0 Å². The molecule has 3 aromatic rings. The van der Waals surface area contributed by atoms with Crippen molar-refractivity contribution in [2.24, 2.45) is 0 Å². The quantitative estimate of drug-likeness (QED) is 0.785. The van der Waals surface area contributed by atoms with Gasteiger partial charge in [0, 0.05) is 6.42 Å². The Balaban J connectivity index is 2.04. The molecule has 0 aliphatic rings. The zero-order chi connectivity index (χ0) is 16.4. The molecule has 0 aliphatic heterocycles. The number of imidazole rings is 1. The lowest BCUT2D eigenvalue weighted by Crippen LogP contribution is -2.18. The van der Waals surface area contributed by atoms with E-state index in [1.54, 1.807) is 18.6 Å². The van der Waals surface area contributed by atoms with E-state index in [4.69, 9.17) is 4.74 Å². The van der Waals surface area contributed by atoms with Crippen molar-refractivity contribution < 1.29 is 14.6 Å². The Bertz CT molecular complexity index is 837. The Kier molecular flexibility index (Phi) is 4.02. The van der Waals surface area contributed by atoms with Gasteiger partial charge in [0.15, 0.2) is 0 Å². The van der Waals surface area contributed by atoms with E-state index in [0.717, 1.165) is 28.2 Å². The highest BCUT2D eigenvalue weighted by Crippen LogP contribution is 2.24. The number of rotatable bonds is 5. The Labute approximate surface area is 134 Å². The van der Waals surface area contributed by atoms with Gasteiger partial charge in [-0.2, -0.15) is 0 Å². The first-order valence-electron chi connectivity index (χ1n) is 7.41. The normalized spacial score (nSPS) is 12.3. The zero-order valence-corrected chi connectivity index (χ0v) is 13.1. The molecule has 0 amide bonds. The van der Waals surface area contributed by atoms with Gasteiger partial charge < -0.3 is 14.4 Å². The van der Waals surface area contributed by atoms with Crippen LogP contribution in [0.2, 0.25) is 0 Å². The van der Waals surface area contributed by atoms with Crippen molar-refractivity contribution in [1.29, 1.82) is 0 Å². The van der Waals surface area contributed by atoms with Crippen LogP contribution < -0.4 is 4.74 Å². The predicted octanol–water partition coefficient (Wildman–Crippen LogP) is 3.28. The van der Waals surface area contributed by atoms with Crippen LogP contribution in [-0.4, -0.2) is 27.7 Å². The predicted molar refractivity (Wildman–Crippen MR) is 87.9 cm³/mol. The van der Waals surface area contributed by atoms with Crippen LogP contribution in [0.25, 0.3) is 11.0 Å². The lowest BCUT2D eigenvalue weighted by atomic mass is 10.1. The Morgan fingerprint density at radius 3 is 2.57 bits per heavy atom. The van der Waals surface area contributed by atoms with Crippen molar-refractivity contribution in [3.8, 4) is 5.75 Å². The summed E-state index contributed by atoms with van der Waals surface area (Å²) in [4.78, 5) is 16.1. The third kappa shape index (κ3) is 2.90. The number of benzene rings is 2. The summed E-state index contributed by atoms with van der Waals surface area (Å²) in [5.41, 5.74) is 2.70. The van der Waals surface area contributed by atoms with Crippen molar-refractivity contribution in [2.75, 3.05) is 7.11 Å². The number of carbonyl (C=O) groups is 1. The minimum atomic E-state index is -0.871. The zero-order valence-electron chi connectivity index (χ0n) is 13.1. The fourth-order valence-electron chi connectivity index (χ4n) is 2.69. The van der Waals surface area contributed by atoms with Crippen LogP contribution in [0.5, 0.6) is 5.75 Å². The summed E-state index contributed by atoms with van der Waals surface area (Å²) < 4.78 is 6.96. The van der Waals surface area contributed by atoms with Crippen LogP contribution in [0.4, 0.5) is 0 Å². The second-order valence-corrected chi connectivity index (χ2v) is 5.43. The maximum Gasteiger partial charge on any atom is 0.326 e. The number of ether oxygens (including phenoxy) is 1. The molecule has 0 saturated heterocycles. The van der Waals surface area contributed by atoms with Crippen LogP contribution in [0.1, 0.15) is 24.4 Å². The number of nitrogens with zero attached hydrogens (tertiary/aromatic N) is 2. The lowest BCUT2D eigenvalue weighted by molar-refractivity contribution is -0.140. The maximum atomic E-state index is 11.5. The summed E-state index contributed by atoms with van der Waals surface area (Å²) >= 11 is 0. The number of para-hydroxylation sites is 2. The van der Waals surface area contributed by atoms with Crippen molar-refractivity contribution >= 4 is 17.0 Å². The molecule has 1 aromatic heterocycles. The molecule has 0 aliphatic carbocycles. The van der Waals surface area contributed by atoms with Crippen LogP contribution >= 0.6 is 0 Å². The van der Waals surface area contributed by atoms with E-state index in [-0.39, 0.29) is 0 Å². The summed E-state index contributed by atoms with van der Waals surface area (Å²) in [6, 6.07) is 14.6. The summed E-state index contributed by atoms with van der Waals surface area (Å²) in [6.07, 6.45) is 0.566. The molecule has 1 heterocycles. The molecule has 0 saturated carbocycles. The Morgan fingerprint density at radius 2 is 1.91 bits per heavy atom. The molecule has 2 aromatic carbocycles. The number of methoxy groups -OCH3 is 1. The summed E-state index contributed by atoms with van der Waals surface area (Å²) in [5, 5.41) is 9.41. The highest BCUT2D eigenvalue weighted by molar-refractivity contribution is 5.80. The molecule has 0 radical (unpaired) electrons. The molecule has 0 bridgehead atoms. The van der Waals surface area contributed by atoms with Gasteiger partial charge in [0.25, 0.3) is 0 Å². The van der Waals surface area contributed by atoms with Crippen LogP contribution in [0.15, 0.2) is 48.5 Å². The topological polar surface area (TPSA) is 64.4 Å². The molecule has 0 fully saturated rings. The van der Waals surface area contributed by atoms with Crippen LogP contribution in [0, 0.1) is 0 Å². The number of aromatic nitrogens is 2. The number of aliphatic carboxylic acids is 1. The maximum absolute atomic E-state index is 11.5. The second kappa shape index (κ2) is 6.12. The summed E-state index contributed by atoms with van der Waals surface area (Å²) in [6.45, 7) is 1.67. The van der Waals surface area contributed by atoms with Crippen molar-refractivity contribution in [2.45, 2.75) is 19.4 Å².